The van der Waals surface area contributed by atoms with Crippen molar-refractivity contribution < 1.29 is 13.2 Å². The molecule has 5 heteroatoms. The first kappa shape index (κ1) is 10.6. The Hall–Kier alpha value is -1.96. The smallest absolute Gasteiger partial charge is 0.340 e. The maximum atomic E-state index is 12.6. The Balaban J connectivity index is 2.74. The number of hydrogen-bond acceptors (Lipinski definition) is 0. The van der Waals surface area contributed by atoms with E-state index in [1.807, 2.05) is 0 Å². The van der Waals surface area contributed by atoms with Crippen molar-refractivity contribution in [1.82, 2.24) is 4.57 Å². The van der Waals surface area contributed by atoms with Crippen LogP contribution in [0.15, 0.2) is 24.3 Å². The van der Waals surface area contributed by atoms with Gasteiger partial charge in [-0.3, -0.25) is 0 Å². The van der Waals surface area contributed by atoms with Crippen molar-refractivity contribution in [3.05, 3.63) is 41.4 Å². The molecule has 0 fully saturated rings. The van der Waals surface area contributed by atoms with Gasteiger partial charge in [-0.05, 0) is 23.6 Å². The third-order valence-electron chi connectivity index (χ3n) is 2.45. The molecule has 0 aliphatic heterocycles. The lowest BCUT2D eigenvalue weighted by atomic mass is 10.2. The Morgan fingerprint density at radius 3 is 2.50 bits per heavy atom. The van der Waals surface area contributed by atoms with Crippen LogP contribution in [0.1, 0.15) is 5.69 Å². The fourth-order valence-corrected chi connectivity index (χ4v) is 1.68. The number of benzene rings is 1. The van der Waals surface area contributed by atoms with Gasteiger partial charge < -0.3 is 4.57 Å². The van der Waals surface area contributed by atoms with Gasteiger partial charge in [0.1, 0.15) is 5.69 Å². The summed E-state index contributed by atoms with van der Waals surface area (Å²) in [6.07, 6.45) is -4.37. The van der Waals surface area contributed by atoms with Gasteiger partial charge >= 0.3 is 6.18 Å². The number of alkyl halides is 3. The van der Waals surface area contributed by atoms with E-state index in [1.165, 1.54) is 25.2 Å². The van der Waals surface area contributed by atoms with E-state index < -0.39 is 11.9 Å². The van der Waals surface area contributed by atoms with E-state index in [9.17, 15) is 13.2 Å². The highest BCUT2D eigenvalue weighted by Crippen LogP contribution is 2.34. The summed E-state index contributed by atoms with van der Waals surface area (Å²) in [5.41, 5.74) is 0.108. The highest BCUT2D eigenvalue weighted by Gasteiger charge is 2.34. The molecule has 0 radical (unpaired) electrons. The van der Waals surface area contributed by atoms with Gasteiger partial charge in [0, 0.05) is 12.6 Å². The Labute approximate surface area is 89.7 Å². The molecular formula is C11H7F3N2. The SMILES string of the molecule is [C-]#[N+]c1ccc2c(c1)cc(C(F)(F)F)n2C. The molecule has 0 atom stereocenters. The van der Waals surface area contributed by atoms with E-state index in [2.05, 4.69) is 4.85 Å². The number of nitrogens with zero attached hydrogens (tertiary/aromatic N) is 2. The van der Waals surface area contributed by atoms with E-state index in [4.69, 9.17) is 6.57 Å². The molecule has 0 unspecified atom stereocenters. The fraction of sp³-hybridized carbons (Fsp3) is 0.182. The molecule has 2 aromatic rings. The van der Waals surface area contributed by atoms with Gasteiger partial charge in [-0.1, -0.05) is 6.07 Å². The Morgan fingerprint density at radius 1 is 1.25 bits per heavy atom. The Morgan fingerprint density at radius 2 is 1.94 bits per heavy atom. The van der Waals surface area contributed by atoms with E-state index in [1.54, 1.807) is 0 Å². The highest BCUT2D eigenvalue weighted by atomic mass is 19.4. The molecule has 0 aliphatic rings. The number of fused-ring (bicyclic) bond motifs is 1. The predicted molar refractivity (Wildman–Crippen MR) is 54.2 cm³/mol. The molecule has 1 aromatic carbocycles. The summed E-state index contributed by atoms with van der Waals surface area (Å²) in [5.74, 6) is 0. The molecule has 16 heavy (non-hydrogen) atoms. The normalized spacial score (nSPS) is 11.7. The topological polar surface area (TPSA) is 9.29 Å². The number of aryl methyl sites for hydroxylation is 1. The van der Waals surface area contributed by atoms with Crippen LogP contribution in [0.5, 0.6) is 0 Å². The van der Waals surface area contributed by atoms with Gasteiger partial charge in [-0.2, -0.15) is 13.2 Å². The third-order valence-corrected chi connectivity index (χ3v) is 2.45. The molecular weight excluding hydrogens is 217 g/mol. The lowest BCUT2D eigenvalue weighted by molar-refractivity contribution is -0.142. The quantitative estimate of drug-likeness (QED) is 0.603. The van der Waals surface area contributed by atoms with Crippen molar-refractivity contribution >= 4 is 16.6 Å². The van der Waals surface area contributed by atoms with Crippen LogP contribution in [-0.4, -0.2) is 4.57 Å². The molecule has 0 aliphatic carbocycles. The summed E-state index contributed by atoms with van der Waals surface area (Å²) >= 11 is 0. The minimum Gasteiger partial charge on any atom is -0.340 e. The zero-order valence-corrected chi connectivity index (χ0v) is 8.34. The minimum atomic E-state index is -4.37. The summed E-state index contributed by atoms with van der Waals surface area (Å²) < 4.78 is 38.9. The van der Waals surface area contributed by atoms with Crippen molar-refractivity contribution in [3.8, 4) is 0 Å². The van der Waals surface area contributed by atoms with Crippen LogP contribution in [0.3, 0.4) is 0 Å². The van der Waals surface area contributed by atoms with Crippen molar-refractivity contribution in [2.24, 2.45) is 7.05 Å². The van der Waals surface area contributed by atoms with E-state index in [-0.39, 0.29) is 0 Å². The highest BCUT2D eigenvalue weighted by molar-refractivity contribution is 5.85. The predicted octanol–water partition coefficient (Wildman–Crippen LogP) is 3.75. The van der Waals surface area contributed by atoms with Gasteiger partial charge in [-0.25, -0.2) is 4.85 Å². The zero-order chi connectivity index (χ0) is 11.9. The second kappa shape index (κ2) is 3.27. The maximum absolute atomic E-state index is 12.6. The zero-order valence-electron chi connectivity index (χ0n) is 8.34. The number of hydrogen-bond donors (Lipinski definition) is 0. The Kier molecular flexibility index (Phi) is 2.16. The molecule has 0 spiro atoms. The summed E-state index contributed by atoms with van der Waals surface area (Å²) in [6.45, 7) is 6.80. The number of aromatic nitrogens is 1. The first-order valence-electron chi connectivity index (χ1n) is 4.47. The van der Waals surface area contributed by atoms with Crippen LogP contribution in [0, 0.1) is 6.57 Å². The van der Waals surface area contributed by atoms with Crippen LogP contribution in [0.4, 0.5) is 18.9 Å². The average Bonchev–Trinajstić information content (AvgIpc) is 2.55. The lowest BCUT2D eigenvalue weighted by Gasteiger charge is -2.07. The summed E-state index contributed by atoms with van der Waals surface area (Å²) in [6, 6.07) is 5.55. The first-order valence-corrected chi connectivity index (χ1v) is 4.47. The van der Waals surface area contributed by atoms with Crippen LogP contribution >= 0.6 is 0 Å². The molecule has 0 saturated carbocycles. The van der Waals surface area contributed by atoms with Crippen LogP contribution in [-0.2, 0) is 13.2 Å². The molecule has 1 heterocycles. The number of rotatable bonds is 0. The van der Waals surface area contributed by atoms with Crippen LogP contribution in [0.2, 0.25) is 0 Å². The monoisotopic (exact) mass is 224 g/mol. The van der Waals surface area contributed by atoms with E-state index >= 15 is 0 Å². The summed E-state index contributed by atoms with van der Waals surface area (Å²) in [5, 5.41) is 0.434. The van der Waals surface area contributed by atoms with E-state index in [0.717, 1.165) is 10.6 Å². The van der Waals surface area contributed by atoms with Crippen LogP contribution < -0.4 is 0 Å². The maximum Gasteiger partial charge on any atom is 0.431 e. The number of halogens is 3. The summed E-state index contributed by atoms with van der Waals surface area (Å²) in [7, 11) is 1.36. The van der Waals surface area contributed by atoms with Gasteiger partial charge in [0.25, 0.3) is 0 Å². The second-order valence-corrected chi connectivity index (χ2v) is 3.44. The molecule has 0 bridgehead atoms. The van der Waals surface area contributed by atoms with Crippen molar-refractivity contribution in [3.63, 3.8) is 0 Å². The van der Waals surface area contributed by atoms with E-state index in [0.29, 0.717) is 16.6 Å². The van der Waals surface area contributed by atoms with Gasteiger partial charge in [0.15, 0.2) is 5.69 Å². The van der Waals surface area contributed by atoms with Crippen molar-refractivity contribution in [2.75, 3.05) is 0 Å². The van der Waals surface area contributed by atoms with Gasteiger partial charge in [0.05, 0.1) is 6.57 Å². The fourth-order valence-electron chi connectivity index (χ4n) is 1.68. The van der Waals surface area contributed by atoms with Gasteiger partial charge in [-0.15, -0.1) is 0 Å². The second-order valence-electron chi connectivity index (χ2n) is 3.44. The first-order chi connectivity index (χ1) is 7.43. The van der Waals surface area contributed by atoms with Crippen LogP contribution in [0.25, 0.3) is 15.7 Å². The molecule has 0 N–H and O–H groups in total. The van der Waals surface area contributed by atoms with Crippen molar-refractivity contribution in [2.45, 2.75) is 6.18 Å². The molecule has 0 amide bonds. The molecule has 0 saturated heterocycles. The molecule has 1 aromatic heterocycles. The lowest BCUT2D eigenvalue weighted by Crippen LogP contribution is -2.10. The molecule has 2 nitrogen and oxygen atoms in total. The average molecular weight is 224 g/mol. The van der Waals surface area contributed by atoms with Gasteiger partial charge in [0.2, 0.25) is 0 Å². The molecule has 82 valence electrons. The molecule has 2 rings (SSSR count). The minimum absolute atomic E-state index is 0.340. The van der Waals surface area contributed by atoms with Crippen molar-refractivity contribution in [1.29, 1.82) is 0 Å². The standard InChI is InChI=1S/C11H7F3N2/c1-15-8-3-4-9-7(5-8)6-10(16(9)2)11(12,13)14/h3-6H,2H3. The Bertz CT molecular complexity index is 588. The summed E-state index contributed by atoms with van der Waals surface area (Å²) in [4.78, 5) is 3.18. The third kappa shape index (κ3) is 1.52. The largest absolute Gasteiger partial charge is 0.431 e.